The quantitative estimate of drug-likeness (QED) is 0.206. The first-order valence-electron chi connectivity index (χ1n) is 10.3. The molecule has 2 unspecified atom stereocenters. The minimum atomic E-state index is -1.78. The van der Waals surface area contributed by atoms with Crippen molar-refractivity contribution in [3.63, 3.8) is 0 Å². The van der Waals surface area contributed by atoms with Crippen molar-refractivity contribution < 1.29 is 27.9 Å². The average Bonchev–Trinajstić information content (AvgIpc) is 2.51. The molecule has 0 aromatic carbocycles. The summed E-state index contributed by atoms with van der Waals surface area (Å²) in [5.41, 5.74) is 0.965. The van der Waals surface area contributed by atoms with E-state index in [-0.39, 0.29) is 25.2 Å². The van der Waals surface area contributed by atoms with Crippen molar-refractivity contribution in [2.75, 3.05) is 33.0 Å². The van der Waals surface area contributed by atoms with Gasteiger partial charge in [0.25, 0.3) is 0 Å². The second-order valence-corrected chi connectivity index (χ2v) is 20.6. The Labute approximate surface area is 176 Å². The highest BCUT2D eigenvalue weighted by Crippen LogP contribution is 2.20. The first-order chi connectivity index (χ1) is 12.9. The summed E-state index contributed by atoms with van der Waals surface area (Å²) >= 11 is 0. The maximum Gasteiger partial charge on any atom is 0.235 e. The van der Waals surface area contributed by atoms with E-state index in [0.29, 0.717) is 19.8 Å². The minimum Gasteiger partial charge on any atom is -0.412 e. The lowest BCUT2D eigenvalue weighted by molar-refractivity contribution is -0.0480. The van der Waals surface area contributed by atoms with E-state index >= 15 is 0 Å². The highest BCUT2D eigenvalue weighted by molar-refractivity contribution is 6.72. The summed E-state index contributed by atoms with van der Waals surface area (Å²) in [7, 11) is -5.32. The Morgan fingerprint density at radius 3 is 2.04 bits per heavy atom. The molecule has 0 fully saturated rings. The molecule has 9 heteroatoms. The van der Waals surface area contributed by atoms with Crippen molar-refractivity contribution in [1.82, 2.24) is 0 Å². The zero-order valence-corrected chi connectivity index (χ0v) is 22.5. The molecule has 0 rings (SSSR count). The zero-order valence-electron chi connectivity index (χ0n) is 19.4. The van der Waals surface area contributed by atoms with Crippen LogP contribution in [0.5, 0.6) is 0 Å². The monoisotopic (exact) mass is 452 g/mol. The fourth-order valence-electron chi connectivity index (χ4n) is 2.41. The first-order valence-corrected chi connectivity index (χ1v) is 19.1. The van der Waals surface area contributed by atoms with Gasteiger partial charge in [-0.1, -0.05) is 25.5 Å². The van der Waals surface area contributed by atoms with Crippen LogP contribution in [0.4, 0.5) is 0 Å². The van der Waals surface area contributed by atoms with Gasteiger partial charge >= 0.3 is 0 Å². The number of ether oxygens (including phenoxy) is 2. The Bertz CT molecular complexity index is 407. The van der Waals surface area contributed by atoms with Gasteiger partial charge in [-0.15, -0.1) is 0 Å². The van der Waals surface area contributed by atoms with Gasteiger partial charge in [0.15, 0.2) is 16.6 Å². The van der Waals surface area contributed by atoms with E-state index in [4.69, 9.17) is 27.9 Å². The molecule has 168 valence electrons. The second-order valence-electron chi connectivity index (χ2n) is 9.18. The van der Waals surface area contributed by atoms with Crippen LogP contribution < -0.4 is 0 Å². The SMILES string of the molecule is C=C(C)COCC(CO[SiH](CCC)C(O[Si](C)(C)C)O[Si](C)(C)C)OCCO. The predicted molar refractivity (Wildman–Crippen MR) is 123 cm³/mol. The molecule has 6 nitrogen and oxygen atoms in total. The Morgan fingerprint density at radius 2 is 1.61 bits per heavy atom. The summed E-state index contributed by atoms with van der Waals surface area (Å²) in [5.74, 6) is -0.229. The number of aliphatic hydroxyl groups is 1. The van der Waals surface area contributed by atoms with Crippen molar-refractivity contribution >= 4 is 25.7 Å². The van der Waals surface area contributed by atoms with Gasteiger partial charge in [-0.2, -0.15) is 0 Å². The molecule has 1 N–H and O–H groups in total. The molecule has 0 saturated heterocycles. The fourth-order valence-corrected chi connectivity index (χ4v) is 9.29. The number of hydrogen-bond acceptors (Lipinski definition) is 6. The predicted octanol–water partition coefficient (Wildman–Crippen LogP) is 3.68. The van der Waals surface area contributed by atoms with Gasteiger partial charge in [0, 0.05) is 0 Å². The van der Waals surface area contributed by atoms with Crippen LogP contribution in [-0.2, 0) is 22.8 Å². The van der Waals surface area contributed by atoms with Gasteiger partial charge in [0.05, 0.1) is 33.0 Å². The minimum absolute atomic E-state index is 0.0209. The van der Waals surface area contributed by atoms with Gasteiger partial charge in [-0.25, -0.2) is 0 Å². The van der Waals surface area contributed by atoms with Crippen LogP contribution >= 0.6 is 0 Å². The third kappa shape index (κ3) is 16.0. The fraction of sp³-hybridized carbons (Fsp3) is 0.895. The molecule has 0 spiro atoms. The van der Waals surface area contributed by atoms with E-state index < -0.39 is 25.7 Å². The molecule has 2 atom stereocenters. The second kappa shape index (κ2) is 14.2. The Morgan fingerprint density at radius 1 is 1.04 bits per heavy atom. The lowest BCUT2D eigenvalue weighted by atomic mass is 10.4. The summed E-state index contributed by atoms with van der Waals surface area (Å²) in [6.07, 6.45) is 0.809. The maximum absolute atomic E-state index is 9.09. The van der Waals surface area contributed by atoms with Crippen LogP contribution in [0.2, 0.25) is 45.3 Å². The van der Waals surface area contributed by atoms with Gasteiger partial charge in [-0.05, 0) is 52.2 Å². The van der Waals surface area contributed by atoms with Crippen LogP contribution in [0, 0.1) is 0 Å². The molecule has 0 aliphatic carbocycles. The van der Waals surface area contributed by atoms with Crippen molar-refractivity contribution in [2.45, 2.75) is 77.6 Å². The lowest BCUT2D eigenvalue weighted by Gasteiger charge is -2.36. The standard InChI is InChI=1S/C19H44O6Si3/c1-10-13-26(19(24-27(4,5)6)25-28(7,8)9)23-16-18(22-12-11-20)15-21-14-17(2)3/h18-20,26H,2,10-16H2,1,3-9H3. The molecule has 0 aromatic heterocycles. The lowest BCUT2D eigenvalue weighted by Crippen LogP contribution is -2.50. The summed E-state index contributed by atoms with van der Waals surface area (Å²) in [6, 6.07) is 0.985. The molecule has 0 heterocycles. The number of rotatable bonds is 17. The smallest absolute Gasteiger partial charge is 0.235 e. The van der Waals surface area contributed by atoms with Crippen molar-refractivity contribution in [1.29, 1.82) is 0 Å². The topological polar surface area (TPSA) is 66.4 Å². The van der Waals surface area contributed by atoms with Crippen LogP contribution in [0.25, 0.3) is 0 Å². The third-order valence-electron chi connectivity index (χ3n) is 3.41. The first kappa shape index (κ1) is 28.2. The van der Waals surface area contributed by atoms with Crippen molar-refractivity contribution in [2.24, 2.45) is 0 Å². The molecule has 0 bridgehead atoms. The zero-order chi connectivity index (χ0) is 21.8. The van der Waals surface area contributed by atoms with Gasteiger partial charge in [0.1, 0.15) is 12.0 Å². The van der Waals surface area contributed by atoms with Crippen LogP contribution in [-0.4, -0.2) is 75.8 Å². The maximum atomic E-state index is 9.09. The molecule has 28 heavy (non-hydrogen) atoms. The number of aliphatic hydroxyl groups excluding tert-OH is 1. The Hall–Kier alpha value is 0.151. The highest BCUT2D eigenvalue weighted by Gasteiger charge is 2.35. The molecule has 0 aliphatic heterocycles. The van der Waals surface area contributed by atoms with E-state index in [1.54, 1.807) is 0 Å². The van der Waals surface area contributed by atoms with E-state index in [1.807, 2.05) is 6.92 Å². The van der Waals surface area contributed by atoms with Crippen molar-refractivity contribution in [3.05, 3.63) is 12.2 Å². The highest BCUT2D eigenvalue weighted by atomic mass is 28.4. The third-order valence-corrected chi connectivity index (χ3v) is 8.48. The van der Waals surface area contributed by atoms with E-state index in [1.165, 1.54) is 0 Å². The largest absolute Gasteiger partial charge is 0.412 e. The number of hydrogen-bond donors (Lipinski definition) is 1. The van der Waals surface area contributed by atoms with Gasteiger partial charge in [0.2, 0.25) is 9.04 Å². The van der Waals surface area contributed by atoms with E-state index in [0.717, 1.165) is 18.0 Å². The Kier molecular flexibility index (Phi) is 14.3. The average molecular weight is 453 g/mol. The van der Waals surface area contributed by atoms with Crippen LogP contribution in [0.1, 0.15) is 20.3 Å². The summed E-state index contributed by atoms with van der Waals surface area (Å²) in [6.45, 7) is 22.6. The van der Waals surface area contributed by atoms with E-state index in [9.17, 15) is 0 Å². The molecule has 0 saturated carbocycles. The van der Waals surface area contributed by atoms with Crippen LogP contribution in [0.3, 0.4) is 0 Å². The Balaban J connectivity index is 5.06. The molecule has 0 aromatic rings. The summed E-state index contributed by atoms with van der Waals surface area (Å²) < 4.78 is 30.6. The summed E-state index contributed by atoms with van der Waals surface area (Å²) in [4.78, 5) is 0. The summed E-state index contributed by atoms with van der Waals surface area (Å²) in [5, 5.41) is 9.09. The van der Waals surface area contributed by atoms with Gasteiger partial charge < -0.3 is 27.9 Å². The molecule has 0 aliphatic rings. The van der Waals surface area contributed by atoms with Gasteiger partial charge in [-0.3, -0.25) is 0 Å². The molecular formula is C19H44O6Si3. The van der Waals surface area contributed by atoms with Crippen molar-refractivity contribution in [3.8, 4) is 0 Å². The normalized spacial score (nSPS) is 15.1. The molecule has 0 radical (unpaired) electrons. The van der Waals surface area contributed by atoms with Crippen LogP contribution in [0.15, 0.2) is 12.2 Å². The van der Waals surface area contributed by atoms with E-state index in [2.05, 4.69) is 52.8 Å². The molecular weight excluding hydrogens is 408 g/mol. The molecule has 0 amide bonds.